The van der Waals surface area contributed by atoms with Gasteiger partial charge in [-0.05, 0) is 25.9 Å². The van der Waals surface area contributed by atoms with Crippen LogP contribution >= 0.6 is 0 Å². The van der Waals surface area contributed by atoms with Crippen molar-refractivity contribution in [2.75, 3.05) is 26.2 Å². The third kappa shape index (κ3) is 2.93. The quantitative estimate of drug-likeness (QED) is 0.654. The molecule has 1 aliphatic rings. The van der Waals surface area contributed by atoms with Gasteiger partial charge in [0.1, 0.15) is 0 Å². The van der Waals surface area contributed by atoms with E-state index in [1.165, 1.54) is 12.8 Å². The van der Waals surface area contributed by atoms with E-state index < -0.39 is 0 Å². The molecule has 3 heteroatoms. The van der Waals surface area contributed by atoms with E-state index in [4.69, 9.17) is 0 Å². The highest BCUT2D eigenvalue weighted by atomic mass is 16.3. The zero-order chi connectivity index (χ0) is 9.68. The summed E-state index contributed by atoms with van der Waals surface area (Å²) in [4.78, 5) is 2.41. The number of hydrogen-bond donors (Lipinski definition) is 2. The van der Waals surface area contributed by atoms with E-state index in [-0.39, 0.29) is 6.10 Å². The Bertz CT molecular complexity index is 135. The summed E-state index contributed by atoms with van der Waals surface area (Å²) in [6, 6.07) is 0.347. The lowest BCUT2D eigenvalue weighted by Crippen LogP contribution is -2.44. The van der Waals surface area contributed by atoms with Crippen LogP contribution in [-0.4, -0.2) is 48.3 Å². The van der Waals surface area contributed by atoms with Crippen LogP contribution in [0.5, 0.6) is 0 Å². The van der Waals surface area contributed by atoms with Gasteiger partial charge < -0.3 is 10.4 Å². The van der Waals surface area contributed by atoms with Gasteiger partial charge in [0.15, 0.2) is 0 Å². The molecular formula is C10H22N2O. The first-order valence-electron chi connectivity index (χ1n) is 5.42. The Morgan fingerprint density at radius 1 is 1.23 bits per heavy atom. The lowest BCUT2D eigenvalue weighted by Gasteiger charge is -2.29. The first-order valence-corrected chi connectivity index (χ1v) is 5.42. The average molecular weight is 186 g/mol. The van der Waals surface area contributed by atoms with Crippen molar-refractivity contribution in [3.8, 4) is 0 Å². The van der Waals surface area contributed by atoms with Gasteiger partial charge in [-0.25, -0.2) is 0 Å². The maximum absolute atomic E-state index is 9.71. The summed E-state index contributed by atoms with van der Waals surface area (Å²) in [5.74, 6) is 0. The summed E-state index contributed by atoms with van der Waals surface area (Å²) in [6.07, 6.45) is 2.17. The first kappa shape index (κ1) is 11.0. The van der Waals surface area contributed by atoms with Crippen molar-refractivity contribution < 1.29 is 5.11 Å². The van der Waals surface area contributed by atoms with Gasteiger partial charge in [-0.1, -0.05) is 13.8 Å². The molecule has 78 valence electrons. The van der Waals surface area contributed by atoms with Crippen molar-refractivity contribution in [1.29, 1.82) is 0 Å². The average Bonchev–Trinajstić information content (AvgIpc) is 2.51. The molecule has 1 rings (SSSR count). The van der Waals surface area contributed by atoms with Crippen molar-refractivity contribution in [2.24, 2.45) is 0 Å². The maximum Gasteiger partial charge on any atom is 0.0831 e. The molecule has 0 radical (unpaired) electrons. The normalized spacial score (nSPS) is 28.6. The number of aliphatic hydroxyl groups excluding tert-OH is 1. The Hall–Kier alpha value is -0.120. The molecule has 0 unspecified atom stereocenters. The van der Waals surface area contributed by atoms with Crippen LogP contribution in [0.1, 0.15) is 26.7 Å². The predicted octanol–water partition coefficient (Wildman–Crippen LogP) is 0.441. The highest BCUT2D eigenvalue weighted by molar-refractivity contribution is 4.88. The zero-order valence-corrected chi connectivity index (χ0v) is 8.79. The van der Waals surface area contributed by atoms with Crippen LogP contribution in [0.4, 0.5) is 0 Å². The van der Waals surface area contributed by atoms with Crippen LogP contribution in [0.15, 0.2) is 0 Å². The summed E-state index contributed by atoms with van der Waals surface area (Å²) >= 11 is 0. The standard InChI is InChI=1S/C10H22N2O/c1-3-5-12(6-4-2)9-7-11-8-10(9)13/h9-11,13H,3-8H2,1-2H3/t9-,10-/m1/s1. The van der Waals surface area contributed by atoms with Gasteiger partial charge in [-0.2, -0.15) is 0 Å². The van der Waals surface area contributed by atoms with Gasteiger partial charge in [0.25, 0.3) is 0 Å². The van der Waals surface area contributed by atoms with Crippen molar-refractivity contribution >= 4 is 0 Å². The highest BCUT2D eigenvalue weighted by Gasteiger charge is 2.29. The van der Waals surface area contributed by atoms with E-state index in [1.54, 1.807) is 0 Å². The van der Waals surface area contributed by atoms with Crippen LogP contribution in [0.2, 0.25) is 0 Å². The summed E-state index contributed by atoms with van der Waals surface area (Å²) < 4.78 is 0. The first-order chi connectivity index (χ1) is 6.29. The smallest absolute Gasteiger partial charge is 0.0831 e. The van der Waals surface area contributed by atoms with Crippen molar-refractivity contribution in [2.45, 2.75) is 38.8 Å². The van der Waals surface area contributed by atoms with Gasteiger partial charge >= 0.3 is 0 Å². The number of aliphatic hydroxyl groups is 1. The Morgan fingerprint density at radius 2 is 1.85 bits per heavy atom. The molecule has 2 N–H and O–H groups in total. The second-order valence-corrected chi connectivity index (χ2v) is 3.83. The molecule has 1 fully saturated rings. The monoisotopic (exact) mass is 186 g/mol. The third-order valence-corrected chi connectivity index (χ3v) is 2.64. The number of rotatable bonds is 5. The second kappa shape index (κ2) is 5.58. The van der Waals surface area contributed by atoms with E-state index in [9.17, 15) is 5.11 Å². The van der Waals surface area contributed by atoms with E-state index >= 15 is 0 Å². The van der Waals surface area contributed by atoms with Crippen molar-refractivity contribution in [1.82, 2.24) is 10.2 Å². The van der Waals surface area contributed by atoms with E-state index in [0.29, 0.717) is 6.04 Å². The second-order valence-electron chi connectivity index (χ2n) is 3.83. The molecule has 0 spiro atoms. The molecule has 0 aromatic rings. The van der Waals surface area contributed by atoms with Gasteiger partial charge in [0.05, 0.1) is 6.10 Å². The van der Waals surface area contributed by atoms with Gasteiger partial charge in [-0.15, -0.1) is 0 Å². The summed E-state index contributed by atoms with van der Waals surface area (Å²) in [7, 11) is 0. The van der Waals surface area contributed by atoms with Crippen LogP contribution < -0.4 is 5.32 Å². The molecule has 1 aliphatic heterocycles. The number of hydrogen-bond acceptors (Lipinski definition) is 3. The lowest BCUT2D eigenvalue weighted by atomic mass is 10.1. The fourth-order valence-electron chi connectivity index (χ4n) is 2.04. The topological polar surface area (TPSA) is 35.5 Å². The Labute approximate surface area is 81.1 Å². The fourth-order valence-corrected chi connectivity index (χ4v) is 2.04. The van der Waals surface area contributed by atoms with Crippen LogP contribution in [0.3, 0.4) is 0 Å². The van der Waals surface area contributed by atoms with E-state index in [2.05, 4.69) is 24.1 Å². The van der Waals surface area contributed by atoms with E-state index in [1.807, 2.05) is 0 Å². The molecule has 1 heterocycles. The number of nitrogens with one attached hydrogen (secondary N) is 1. The molecule has 2 atom stereocenters. The third-order valence-electron chi connectivity index (χ3n) is 2.64. The van der Waals surface area contributed by atoms with Crippen molar-refractivity contribution in [3.05, 3.63) is 0 Å². The van der Waals surface area contributed by atoms with Gasteiger partial charge in [0, 0.05) is 19.1 Å². The largest absolute Gasteiger partial charge is 0.390 e. The van der Waals surface area contributed by atoms with Gasteiger partial charge in [0.2, 0.25) is 0 Å². The molecule has 0 bridgehead atoms. The molecule has 13 heavy (non-hydrogen) atoms. The van der Waals surface area contributed by atoms with E-state index in [0.717, 1.165) is 26.2 Å². The lowest BCUT2D eigenvalue weighted by molar-refractivity contribution is 0.0829. The van der Waals surface area contributed by atoms with Crippen LogP contribution in [0, 0.1) is 0 Å². The Balaban J connectivity index is 2.42. The Kier molecular flexibility index (Phi) is 4.70. The predicted molar refractivity (Wildman–Crippen MR) is 54.8 cm³/mol. The minimum atomic E-state index is -0.168. The SMILES string of the molecule is CCCN(CCC)[C@@H]1CNC[C@H]1O. The minimum absolute atomic E-state index is 0.168. The van der Waals surface area contributed by atoms with Gasteiger partial charge in [-0.3, -0.25) is 4.90 Å². The molecule has 0 amide bonds. The van der Waals surface area contributed by atoms with Crippen LogP contribution in [-0.2, 0) is 0 Å². The molecule has 0 aromatic heterocycles. The summed E-state index contributed by atoms with van der Waals surface area (Å²) in [5, 5.41) is 12.9. The molecule has 0 saturated carbocycles. The zero-order valence-electron chi connectivity index (χ0n) is 8.79. The minimum Gasteiger partial charge on any atom is -0.390 e. The Morgan fingerprint density at radius 3 is 2.23 bits per heavy atom. The fraction of sp³-hybridized carbons (Fsp3) is 1.00. The molecule has 0 aliphatic carbocycles. The van der Waals surface area contributed by atoms with Crippen LogP contribution in [0.25, 0.3) is 0 Å². The van der Waals surface area contributed by atoms with Crippen molar-refractivity contribution in [3.63, 3.8) is 0 Å². The molecule has 3 nitrogen and oxygen atoms in total. The number of nitrogens with zero attached hydrogens (tertiary/aromatic N) is 1. The molecular weight excluding hydrogens is 164 g/mol. The maximum atomic E-state index is 9.71. The summed E-state index contributed by atoms with van der Waals surface area (Å²) in [5.41, 5.74) is 0. The highest BCUT2D eigenvalue weighted by Crippen LogP contribution is 2.10. The summed E-state index contributed by atoms with van der Waals surface area (Å²) in [6.45, 7) is 8.30. The molecule has 1 saturated heterocycles. The molecule has 0 aromatic carbocycles. The number of β-amino-alcohol motifs (C(OH)–C–C–N with tert-alkyl or cyclic N) is 1.